The third-order valence-electron chi connectivity index (χ3n) is 3.46. The Morgan fingerprint density at radius 3 is 2.56 bits per heavy atom. The fraction of sp³-hybridized carbons (Fsp3) is 0.111. The molecule has 7 heteroatoms. The molecule has 25 heavy (non-hydrogen) atoms. The molecule has 2 heterocycles. The normalized spacial score (nSPS) is 10.5. The zero-order valence-electron chi connectivity index (χ0n) is 13.5. The van der Waals surface area contributed by atoms with E-state index in [0.717, 1.165) is 5.56 Å². The summed E-state index contributed by atoms with van der Waals surface area (Å²) in [5.74, 6) is 0.224. The van der Waals surface area contributed by atoms with E-state index in [0.29, 0.717) is 17.5 Å². The fourth-order valence-corrected chi connectivity index (χ4v) is 2.78. The number of thioether (sulfide) groups is 1. The Balaban J connectivity index is 2.01. The lowest BCUT2D eigenvalue weighted by atomic mass is 10.2. The highest BCUT2D eigenvalue weighted by atomic mass is 35.5. The van der Waals surface area contributed by atoms with Gasteiger partial charge in [0.25, 0.3) is 5.91 Å². The summed E-state index contributed by atoms with van der Waals surface area (Å²) >= 11 is 7.53. The van der Waals surface area contributed by atoms with Crippen LogP contribution in [0, 0.1) is 0 Å². The summed E-state index contributed by atoms with van der Waals surface area (Å²) in [7, 11) is 0. The van der Waals surface area contributed by atoms with Crippen molar-refractivity contribution in [1.82, 2.24) is 15.0 Å². The first kappa shape index (κ1) is 17.4. The largest absolute Gasteiger partial charge is 0.287 e. The van der Waals surface area contributed by atoms with Crippen LogP contribution in [0.5, 0.6) is 0 Å². The number of halogens is 1. The van der Waals surface area contributed by atoms with Gasteiger partial charge in [-0.3, -0.25) is 9.69 Å². The Bertz CT molecular complexity index is 861. The molecule has 0 bridgehead atoms. The number of rotatable bonds is 5. The molecular weight excluding hydrogens is 356 g/mol. The number of carbonyl (C=O) groups is 1. The maximum Gasteiger partial charge on any atom is 0.280 e. The molecule has 0 radical (unpaired) electrons. The molecule has 0 fully saturated rings. The van der Waals surface area contributed by atoms with Gasteiger partial charge in [0, 0.05) is 6.20 Å². The minimum absolute atomic E-state index is 0.169. The van der Waals surface area contributed by atoms with Crippen molar-refractivity contribution in [1.29, 1.82) is 0 Å². The molecule has 5 nitrogen and oxygen atoms in total. The van der Waals surface area contributed by atoms with Crippen LogP contribution in [0.2, 0.25) is 5.02 Å². The van der Waals surface area contributed by atoms with Gasteiger partial charge >= 0.3 is 0 Å². The highest BCUT2D eigenvalue weighted by molar-refractivity contribution is 7.98. The lowest BCUT2D eigenvalue weighted by Crippen LogP contribution is -2.32. The SMILES string of the molecule is CSc1ncc(Cl)c(C(=O)N(Cc2ccccc2)c2ccccn2)n1. The molecule has 0 spiro atoms. The second-order valence-electron chi connectivity index (χ2n) is 5.12. The van der Waals surface area contributed by atoms with Gasteiger partial charge in [0.05, 0.1) is 17.8 Å². The quantitative estimate of drug-likeness (QED) is 0.500. The lowest BCUT2D eigenvalue weighted by Gasteiger charge is -2.22. The van der Waals surface area contributed by atoms with Gasteiger partial charge in [-0.1, -0.05) is 59.8 Å². The van der Waals surface area contributed by atoms with Gasteiger partial charge in [0.15, 0.2) is 10.9 Å². The van der Waals surface area contributed by atoms with Gasteiger partial charge in [-0.25, -0.2) is 15.0 Å². The minimum atomic E-state index is -0.315. The number of hydrogen-bond donors (Lipinski definition) is 0. The number of carbonyl (C=O) groups excluding carboxylic acids is 1. The number of amides is 1. The molecule has 3 aromatic rings. The Labute approximate surface area is 155 Å². The van der Waals surface area contributed by atoms with Gasteiger partial charge in [-0.2, -0.15) is 0 Å². The van der Waals surface area contributed by atoms with Crippen molar-refractivity contribution in [2.24, 2.45) is 0 Å². The molecule has 0 aliphatic heterocycles. The van der Waals surface area contributed by atoms with Gasteiger partial charge in [-0.05, 0) is 24.0 Å². The average Bonchev–Trinajstić information content (AvgIpc) is 2.67. The van der Waals surface area contributed by atoms with Crippen LogP contribution < -0.4 is 4.90 Å². The number of benzene rings is 1. The molecule has 1 amide bonds. The van der Waals surface area contributed by atoms with E-state index in [1.807, 2.05) is 42.7 Å². The van der Waals surface area contributed by atoms with Crippen molar-refractivity contribution in [3.63, 3.8) is 0 Å². The zero-order valence-corrected chi connectivity index (χ0v) is 15.0. The van der Waals surface area contributed by atoms with Gasteiger partial charge in [0.2, 0.25) is 0 Å². The molecule has 0 saturated heterocycles. The van der Waals surface area contributed by atoms with E-state index in [1.54, 1.807) is 23.2 Å². The van der Waals surface area contributed by atoms with Crippen LogP contribution in [0.3, 0.4) is 0 Å². The van der Waals surface area contributed by atoms with Crippen LogP contribution in [-0.2, 0) is 6.54 Å². The Hall–Kier alpha value is -2.44. The summed E-state index contributed by atoms with van der Waals surface area (Å²) in [5.41, 5.74) is 1.15. The molecule has 0 aliphatic carbocycles. The van der Waals surface area contributed by atoms with Crippen LogP contribution in [0.15, 0.2) is 66.1 Å². The van der Waals surface area contributed by atoms with Crippen molar-refractivity contribution in [2.45, 2.75) is 11.7 Å². The number of hydrogen-bond acceptors (Lipinski definition) is 5. The predicted molar refractivity (Wildman–Crippen MR) is 100 cm³/mol. The standard InChI is InChI=1S/C18H15ClN4OS/c1-25-18-21-11-14(19)16(22-18)17(24)23(15-9-5-6-10-20-15)12-13-7-3-2-4-8-13/h2-11H,12H2,1H3. The minimum Gasteiger partial charge on any atom is -0.287 e. The highest BCUT2D eigenvalue weighted by Gasteiger charge is 2.23. The maximum absolute atomic E-state index is 13.1. The number of anilines is 1. The molecule has 126 valence electrons. The van der Waals surface area contributed by atoms with E-state index in [-0.39, 0.29) is 16.6 Å². The first-order valence-electron chi connectivity index (χ1n) is 7.52. The second-order valence-corrected chi connectivity index (χ2v) is 6.30. The van der Waals surface area contributed by atoms with E-state index in [4.69, 9.17) is 11.6 Å². The number of aromatic nitrogens is 3. The summed E-state index contributed by atoms with van der Waals surface area (Å²) < 4.78 is 0. The predicted octanol–water partition coefficient (Wildman–Crippen LogP) is 4.09. The van der Waals surface area contributed by atoms with E-state index >= 15 is 0 Å². The van der Waals surface area contributed by atoms with Crippen molar-refractivity contribution < 1.29 is 4.79 Å². The van der Waals surface area contributed by atoms with Gasteiger partial charge < -0.3 is 0 Å². The van der Waals surface area contributed by atoms with Crippen LogP contribution >= 0.6 is 23.4 Å². The Morgan fingerprint density at radius 1 is 1.12 bits per heavy atom. The molecule has 3 rings (SSSR count). The van der Waals surface area contributed by atoms with Crippen LogP contribution in [-0.4, -0.2) is 27.1 Å². The summed E-state index contributed by atoms with van der Waals surface area (Å²) in [4.78, 5) is 27.4. The molecule has 0 saturated carbocycles. The number of nitrogens with zero attached hydrogens (tertiary/aromatic N) is 4. The summed E-state index contributed by atoms with van der Waals surface area (Å²) in [6.45, 7) is 0.367. The first-order chi connectivity index (χ1) is 12.2. The third kappa shape index (κ3) is 4.15. The molecule has 0 N–H and O–H groups in total. The number of pyridine rings is 1. The van der Waals surface area contributed by atoms with E-state index in [2.05, 4.69) is 15.0 Å². The topological polar surface area (TPSA) is 59.0 Å². The second kappa shape index (κ2) is 8.09. The van der Waals surface area contributed by atoms with E-state index < -0.39 is 0 Å². The van der Waals surface area contributed by atoms with Crippen LogP contribution in [0.4, 0.5) is 5.82 Å². The van der Waals surface area contributed by atoms with Crippen molar-refractivity contribution >= 4 is 35.1 Å². The van der Waals surface area contributed by atoms with Gasteiger partial charge in [0.1, 0.15) is 5.82 Å². The zero-order chi connectivity index (χ0) is 17.6. The summed E-state index contributed by atoms with van der Waals surface area (Å²) in [5, 5.41) is 0.713. The lowest BCUT2D eigenvalue weighted by molar-refractivity contribution is 0.0978. The fourth-order valence-electron chi connectivity index (χ4n) is 2.26. The van der Waals surface area contributed by atoms with Crippen LogP contribution in [0.1, 0.15) is 16.1 Å². The molecule has 2 aromatic heterocycles. The molecule has 0 unspecified atom stereocenters. The third-order valence-corrected chi connectivity index (χ3v) is 4.30. The molecule has 0 aliphatic rings. The molecule has 1 aromatic carbocycles. The summed E-state index contributed by atoms with van der Waals surface area (Å²) in [6, 6.07) is 15.1. The van der Waals surface area contributed by atoms with Crippen molar-refractivity contribution in [3.05, 3.63) is 77.2 Å². The first-order valence-corrected chi connectivity index (χ1v) is 9.12. The van der Waals surface area contributed by atoms with Crippen molar-refractivity contribution in [3.8, 4) is 0 Å². The summed E-state index contributed by atoms with van der Waals surface area (Å²) in [6.07, 6.45) is 4.94. The van der Waals surface area contributed by atoms with Gasteiger partial charge in [-0.15, -0.1) is 0 Å². The van der Waals surface area contributed by atoms with E-state index in [1.165, 1.54) is 18.0 Å². The van der Waals surface area contributed by atoms with Crippen LogP contribution in [0.25, 0.3) is 0 Å². The molecular formula is C18H15ClN4OS. The van der Waals surface area contributed by atoms with Crippen molar-refractivity contribution in [2.75, 3.05) is 11.2 Å². The molecule has 0 atom stereocenters. The monoisotopic (exact) mass is 370 g/mol. The highest BCUT2D eigenvalue weighted by Crippen LogP contribution is 2.22. The average molecular weight is 371 g/mol. The Morgan fingerprint density at radius 2 is 1.88 bits per heavy atom. The smallest absolute Gasteiger partial charge is 0.280 e. The maximum atomic E-state index is 13.1. The van der Waals surface area contributed by atoms with E-state index in [9.17, 15) is 4.79 Å². The Kier molecular flexibility index (Phi) is 5.63.